The SMILES string of the molecule is Nc1cnc2c(ccn2C2CC2)c1. The molecule has 0 aliphatic heterocycles. The molecule has 2 aromatic rings. The molecule has 0 amide bonds. The summed E-state index contributed by atoms with van der Waals surface area (Å²) in [5.74, 6) is 0. The Hall–Kier alpha value is -1.51. The maximum absolute atomic E-state index is 5.65. The lowest BCUT2D eigenvalue weighted by Gasteiger charge is -2.00. The molecule has 0 bridgehead atoms. The Kier molecular flexibility index (Phi) is 1.20. The largest absolute Gasteiger partial charge is 0.397 e. The second-order valence-electron chi connectivity index (χ2n) is 3.64. The molecule has 1 saturated carbocycles. The molecule has 1 fully saturated rings. The van der Waals surface area contributed by atoms with Crippen LogP contribution in [0.2, 0.25) is 0 Å². The lowest BCUT2D eigenvalue weighted by atomic mass is 10.3. The number of pyridine rings is 1. The van der Waals surface area contributed by atoms with Crippen LogP contribution < -0.4 is 5.73 Å². The average Bonchev–Trinajstić information content (AvgIpc) is 2.87. The number of hydrogen-bond donors (Lipinski definition) is 1. The number of nitrogens with two attached hydrogens (primary N) is 1. The Morgan fingerprint density at radius 2 is 2.31 bits per heavy atom. The fourth-order valence-corrected chi connectivity index (χ4v) is 1.71. The van der Waals surface area contributed by atoms with Crippen LogP contribution in [0.3, 0.4) is 0 Å². The van der Waals surface area contributed by atoms with Crippen LogP contribution in [0, 0.1) is 0 Å². The van der Waals surface area contributed by atoms with E-state index in [-0.39, 0.29) is 0 Å². The van der Waals surface area contributed by atoms with Gasteiger partial charge in [0, 0.05) is 17.6 Å². The summed E-state index contributed by atoms with van der Waals surface area (Å²) in [7, 11) is 0. The third kappa shape index (κ3) is 1.00. The Morgan fingerprint density at radius 1 is 1.46 bits per heavy atom. The van der Waals surface area contributed by atoms with Gasteiger partial charge in [-0.2, -0.15) is 0 Å². The standard InChI is InChI=1S/C10H11N3/c11-8-5-7-3-4-13(9-1-2-9)10(7)12-6-8/h3-6,9H,1-2,11H2. The molecule has 0 spiro atoms. The summed E-state index contributed by atoms with van der Waals surface area (Å²) in [6.07, 6.45) is 6.40. The summed E-state index contributed by atoms with van der Waals surface area (Å²) >= 11 is 0. The van der Waals surface area contributed by atoms with Crippen molar-refractivity contribution in [2.24, 2.45) is 0 Å². The van der Waals surface area contributed by atoms with Crippen molar-refractivity contribution in [1.29, 1.82) is 0 Å². The van der Waals surface area contributed by atoms with E-state index in [1.165, 1.54) is 12.8 Å². The van der Waals surface area contributed by atoms with Gasteiger partial charge in [-0.3, -0.25) is 0 Å². The lowest BCUT2D eigenvalue weighted by molar-refractivity contribution is 0.766. The van der Waals surface area contributed by atoms with E-state index in [2.05, 4.69) is 21.8 Å². The number of fused-ring (bicyclic) bond motifs is 1. The highest BCUT2D eigenvalue weighted by Crippen LogP contribution is 2.37. The first-order chi connectivity index (χ1) is 6.34. The van der Waals surface area contributed by atoms with Gasteiger partial charge in [-0.05, 0) is 25.0 Å². The highest BCUT2D eigenvalue weighted by atomic mass is 15.1. The van der Waals surface area contributed by atoms with Crippen molar-refractivity contribution < 1.29 is 0 Å². The minimum atomic E-state index is 0.689. The number of aromatic nitrogens is 2. The molecule has 2 heterocycles. The van der Waals surface area contributed by atoms with Crippen LogP contribution in [0.5, 0.6) is 0 Å². The number of rotatable bonds is 1. The quantitative estimate of drug-likeness (QED) is 0.716. The Labute approximate surface area is 76.2 Å². The van der Waals surface area contributed by atoms with E-state index in [9.17, 15) is 0 Å². The van der Waals surface area contributed by atoms with Crippen LogP contribution in [0.4, 0.5) is 5.69 Å². The normalized spacial score (nSPS) is 16.6. The number of nitrogens with zero attached hydrogens (tertiary/aromatic N) is 2. The van der Waals surface area contributed by atoms with Crippen LogP contribution in [-0.4, -0.2) is 9.55 Å². The molecule has 0 saturated heterocycles. The van der Waals surface area contributed by atoms with Crippen molar-refractivity contribution in [3.8, 4) is 0 Å². The van der Waals surface area contributed by atoms with Crippen molar-refractivity contribution in [2.75, 3.05) is 5.73 Å². The monoisotopic (exact) mass is 173 g/mol. The molecule has 13 heavy (non-hydrogen) atoms. The highest BCUT2D eigenvalue weighted by molar-refractivity contribution is 5.79. The van der Waals surface area contributed by atoms with E-state index >= 15 is 0 Å². The zero-order chi connectivity index (χ0) is 8.84. The Bertz CT molecular complexity index is 454. The van der Waals surface area contributed by atoms with Gasteiger partial charge in [-0.1, -0.05) is 0 Å². The Balaban J connectivity index is 2.26. The molecule has 1 aliphatic carbocycles. The summed E-state index contributed by atoms with van der Waals surface area (Å²) in [6, 6.07) is 4.74. The molecular formula is C10H11N3. The molecule has 0 aromatic carbocycles. The van der Waals surface area contributed by atoms with Crippen LogP contribution >= 0.6 is 0 Å². The maximum Gasteiger partial charge on any atom is 0.140 e. The van der Waals surface area contributed by atoms with Crippen molar-refractivity contribution in [2.45, 2.75) is 18.9 Å². The van der Waals surface area contributed by atoms with Crippen molar-refractivity contribution >= 4 is 16.7 Å². The lowest BCUT2D eigenvalue weighted by Crippen LogP contribution is -1.93. The molecule has 3 rings (SSSR count). The van der Waals surface area contributed by atoms with Crippen LogP contribution in [0.25, 0.3) is 11.0 Å². The zero-order valence-electron chi connectivity index (χ0n) is 7.27. The van der Waals surface area contributed by atoms with Crippen LogP contribution in [0.15, 0.2) is 24.5 Å². The first-order valence-electron chi connectivity index (χ1n) is 4.57. The topological polar surface area (TPSA) is 43.8 Å². The van der Waals surface area contributed by atoms with Crippen molar-refractivity contribution in [1.82, 2.24) is 9.55 Å². The average molecular weight is 173 g/mol. The first kappa shape index (κ1) is 6.95. The first-order valence-corrected chi connectivity index (χ1v) is 4.57. The van der Waals surface area contributed by atoms with E-state index in [0.717, 1.165) is 16.7 Å². The smallest absolute Gasteiger partial charge is 0.140 e. The van der Waals surface area contributed by atoms with Crippen molar-refractivity contribution in [3.63, 3.8) is 0 Å². The summed E-state index contributed by atoms with van der Waals surface area (Å²) in [4.78, 5) is 4.34. The molecular weight excluding hydrogens is 162 g/mol. The molecule has 0 unspecified atom stereocenters. The van der Waals surface area contributed by atoms with Gasteiger partial charge in [0.15, 0.2) is 0 Å². The molecule has 2 N–H and O–H groups in total. The second kappa shape index (κ2) is 2.25. The van der Waals surface area contributed by atoms with Gasteiger partial charge in [0.05, 0.1) is 11.9 Å². The second-order valence-corrected chi connectivity index (χ2v) is 3.64. The predicted octanol–water partition coefficient (Wildman–Crippen LogP) is 1.95. The van der Waals surface area contributed by atoms with E-state index in [0.29, 0.717) is 6.04 Å². The van der Waals surface area contributed by atoms with Gasteiger partial charge >= 0.3 is 0 Å². The van der Waals surface area contributed by atoms with Gasteiger partial charge in [-0.25, -0.2) is 4.98 Å². The summed E-state index contributed by atoms with van der Waals surface area (Å²) in [5, 5.41) is 1.15. The third-order valence-corrected chi connectivity index (χ3v) is 2.52. The minimum Gasteiger partial charge on any atom is -0.397 e. The summed E-state index contributed by atoms with van der Waals surface area (Å²) in [5.41, 5.74) is 7.46. The van der Waals surface area contributed by atoms with Gasteiger partial charge in [0.1, 0.15) is 5.65 Å². The Morgan fingerprint density at radius 3 is 3.08 bits per heavy atom. The highest BCUT2D eigenvalue weighted by Gasteiger charge is 2.24. The van der Waals surface area contributed by atoms with E-state index < -0.39 is 0 Å². The van der Waals surface area contributed by atoms with Crippen LogP contribution in [0.1, 0.15) is 18.9 Å². The van der Waals surface area contributed by atoms with E-state index in [4.69, 9.17) is 5.73 Å². The van der Waals surface area contributed by atoms with Gasteiger partial charge < -0.3 is 10.3 Å². The molecule has 3 nitrogen and oxygen atoms in total. The minimum absolute atomic E-state index is 0.689. The molecule has 0 atom stereocenters. The predicted molar refractivity (Wildman–Crippen MR) is 52.4 cm³/mol. The van der Waals surface area contributed by atoms with E-state index in [1.807, 2.05) is 6.07 Å². The van der Waals surface area contributed by atoms with Gasteiger partial charge in [-0.15, -0.1) is 0 Å². The third-order valence-electron chi connectivity index (χ3n) is 2.52. The fraction of sp³-hybridized carbons (Fsp3) is 0.300. The van der Waals surface area contributed by atoms with Crippen molar-refractivity contribution in [3.05, 3.63) is 24.5 Å². The zero-order valence-corrected chi connectivity index (χ0v) is 7.27. The van der Waals surface area contributed by atoms with Gasteiger partial charge in [0.25, 0.3) is 0 Å². The van der Waals surface area contributed by atoms with Gasteiger partial charge in [0.2, 0.25) is 0 Å². The van der Waals surface area contributed by atoms with E-state index in [1.54, 1.807) is 6.20 Å². The number of nitrogen functional groups attached to an aromatic ring is 1. The van der Waals surface area contributed by atoms with Crippen LogP contribution in [-0.2, 0) is 0 Å². The maximum atomic E-state index is 5.65. The summed E-state index contributed by atoms with van der Waals surface area (Å²) < 4.78 is 2.24. The molecule has 66 valence electrons. The molecule has 2 aromatic heterocycles. The number of hydrogen-bond acceptors (Lipinski definition) is 2. The number of anilines is 1. The summed E-state index contributed by atoms with van der Waals surface area (Å²) in [6.45, 7) is 0. The molecule has 1 aliphatic rings. The fourth-order valence-electron chi connectivity index (χ4n) is 1.71. The molecule has 3 heteroatoms. The molecule has 0 radical (unpaired) electrons.